The number of amides is 1. The third kappa shape index (κ3) is 4.89. The van der Waals surface area contributed by atoms with E-state index in [4.69, 9.17) is 4.74 Å². The molecule has 6 heteroatoms. The van der Waals surface area contributed by atoms with Gasteiger partial charge in [0.25, 0.3) is 0 Å². The number of nitrogens with one attached hydrogen (secondary N) is 2. The van der Waals surface area contributed by atoms with E-state index in [1.165, 1.54) is 31.1 Å². The molecule has 2 fully saturated rings. The third-order valence-electron chi connectivity index (χ3n) is 7.61. The number of likely N-dealkylation sites (tertiary alicyclic amines) is 1. The van der Waals surface area contributed by atoms with Gasteiger partial charge in [-0.3, -0.25) is 9.69 Å². The largest absolute Gasteiger partial charge is 0.465 e. The Bertz CT molecular complexity index is 1450. The highest BCUT2D eigenvalue weighted by Gasteiger charge is 2.43. The maximum absolute atomic E-state index is 13.0. The molecular weight excluding hydrogens is 462 g/mol. The van der Waals surface area contributed by atoms with Crippen molar-refractivity contribution in [3.05, 3.63) is 89.5 Å². The summed E-state index contributed by atoms with van der Waals surface area (Å²) in [5, 5.41) is 3.82. The number of esters is 1. The van der Waals surface area contributed by atoms with Crippen LogP contribution in [0.15, 0.2) is 72.8 Å². The van der Waals surface area contributed by atoms with Gasteiger partial charge in [0, 0.05) is 34.7 Å². The number of aromatic amines is 1. The lowest BCUT2D eigenvalue weighted by molar-refractivity contribution is -0.117. The second kappa shape index (κ2) is 9.87. The quantitative estimate of drug-likeness (QED) is 0.312. The summed E-state index contributed by atoms with van der Waals surface area (Å²) >= 11 is 0. The van der Waals surface area contributed by atoms with Crippen molar-refractivity contribution in [1.82, 2.24) is 9.88 Å². The summed E-state index contributed by atoms with van der Waals surface area (Å²) in [6.07, 6.45) is 3.37. The molecule has 1 amide bonds. The first kappa shape index (κ1) is 23.5. The Kier molecular flexibility index (Phi) is 6.26. The minimum Gasteiger partial charge on any atom is -0.465 e. The van der Waals surface area contributed by atoms with E-state index in [9.17, 15) is 9.59 Å². The van der Waals surface area contributed by atoms with Gasteiger partial charge in [0.05, 0.1) is 12.7 Å². The van der Waals surface area contributed by atoms with E-state index < -0.39 is 5.97 Å². The molecule has 3 aromatic carbocycles. The Morgan fingerprint density at radius 2 is 1.81 bits per heavy atom. The Labute approximate surface area is 216 Å². The number of hydrogen-bond acceptors (Lipinski definition) is 4. The molecule has 2 N–H and O–H groups in total. The zero-order valence-electron chi connectivity index (χ0n) is 21.0. The van der Waals surface area contributed by atoms with Crippen LogP contribution in [0.3, 0.4) is 0 Å². The van der Waals surface area contributed by atoms with E-state index in [-0.39, 0.29) is 17.7 Å². The molecule has 1 aliphatic carbocycles. The molecule has 37 heavy (non-hydrogen) atoms. The summed E-state index contributed by atoms with van der Waals surface area (Å²) in [6.45, 7) is 3.25. The smallest absolute Gasteiger partial charge is 0.338 e. The first-order valence-corrected chi connectivity index (χ1v) is 13.0. The summed E-state index contributed by atoms with van der Waals surface area (Å²) < 4.78 is 5.08. The fourth-order valence-electron chi connectivity index (χ4n) is 5.57. The lowest BCUT2D eigenvalue weighted by Crippen LogP contribution is -2.18. The molecule has 2 unspecified atom stereocenters. The molecule has 6 rings (SSSR count). The summed E-state index contributed by atoms with van der Waals surface area (Å²) in [7, 11) is 1.38. The Hall–Kier alpha value is -3.90. The molecule has 6 nitrogen and oxygen atoms in total. The second-order valence-corrected chi connectivity index (χ2v) is 10.2. The molecule has 2 heterocycles. The van der Waals surface area contributed by atoms with Crippen molar-refractivity contribution in [3.8, 4) is 11.3 Å². The average Bonchev–Trinajstić information content (AvgIpc) is 3.35. The summed E-state index contributed by atoms with van der Waals surface area (Å²) in [6, 6.07) is 24.3. The van der Waals surface area contributed by atoms with E-state index in [1.807, 2.05) is 30.3 Å². The van der Waals surface area contributed by atoms with Crippen LogP contribution in [0.1, 0.15) is 46.7 Å². The van der Waals surface area contributed by atoms with Crippen LogP contribution >= 0.6 is 0 Å². The molecular formula is C31H31N3O3. The topological polar surface area (TPSA) is 74.4 Å². The average molecular weight is 494 g/mol. The summed E-state index contributed by atoms with van der Waals surface area (Å²) in [5.41, 5.74) is 6.27. The monoisotopic (exact) mass is 493 g/mol. The second-order valence-electron chi connectivity index (χ2n) is 10.2. The van der Waals surface area contributed by atoms with Gasteiger partial charge in [-0.05, 0) is 79.2 Å². The van der Waals surface area contributed by atoms with Gasteiger partial charge in [0.1, 0.15) is 0 Å². The van der Waals surface area contributed by atoms with Crippen LogP contribution in [-0.2, 0) is 16.1 Å². The number of hydrogen-bond donors (Lipinski definition) is 2. The predicted octanol–water partition coefficient (Wildman–Crippen LogP) is 5.96. The molecule has 1 saturated carbocycles. The van der Waals surface area contributed by atoms with Gasteiger partial charge in [0.15, 0.2) is 0 Å². The van der Waals surface area contributed by atoms with Crippen LogP contribution < -0.4 is 5.32 Å². The lowest BCUT2D eigenvalue weighted by atomic mass is 10.1. The van der Waals surface area contributed by atoms with E-state index in [1.54, 1.807) is 6.07 Å². The summed E-state index contributed by atoms with van der Waals surface area (Å²) in [5.74, 6) is -0.263. The molecule has 4 aromatic rings. The van der Waals surface area contributed by atoms with Gasteiger partial charge in [-0.2, -0.15) is 0 Å². The normalized spacial score (nSPS) is 19.2. The Morgan fingerprint density at radius 1 is 1.00 bits per heavy atom. The van der Waals surface area contributed by atoms with Crippen LogP contribution in [0.25, 0.3) is 22.2 Å². The molecule has 0 radical (unpaired) electrons. The molecule has 0 bridgehead atoms. The van der Waals surface area contributed by atoms with Gasteiger partial charge >= 0.3 is 5.97 Å². The summed E-state index contributed by atoms with van der Waals surface area (Å²) in [4.78, 5) is 31.7. The zero-order valence-corrected chi connectivity index (χ0v) is 21.0. The number of aromatic nitrogens is 1. The van der Waals surface area contributed by atoms with Crippen molar-refractivity contribution >= 4 is 28.5 Å². The number of H-pyrrole nitrogens is 1. The highest BCUT2D eigenvalue weighted by Crippen LogP contribution is 2.48. The Morgan fingerprint density at radius 3 is 2.59 bits per heavy atom. The maximum atomic E-state index is 13.0. The maximum Gasteiger partial charge on any atom is 0.338 e. The van der Waals surface area contributed by atoms with Gasteiger partial charge in [-0.15, -0.1) is 0 Å². The molecule has 1 aromatic heterocycles. The zero-order chi connectivity index (χ0) is 25.4. The van der Waals surface area contributed by atoms with Crippen LogP contribution in [-0.4, -0.2) is 42.0 Å². The fraction of sp³-hybridized carbons (Fsp3) is 0.290. The molecule has 0 spiro atoms. The standard InChI is InChI=1S/C31H31N3O3/c1-37-31(36)27-15-23(32-30(35)26-17-24(26)21-9-3-2-4-10-21)16-29-25(27)18-28(33-29)22-11-7-8-20(14-22)19-34-12-5-6-13-34/h2-4,7-11,14-16,18,24,26,33H,5-6,12-13,17,19H2,1H3,(H,32,35). The highest BCUT2D eigenvalue weighted by atomic mass is 16.5. The molecule has 2 atom stereocenters. The van der Waals surface area contributed by atoms with Crippen molar-refractivity contribution in [1.29, 1.82) is 0 Å². The number of fused-ring (bicyclic) bond motifs is 1. The first-order chi connectivity index (χ1) is 18.1. The van der Waals surface area contributed by atoms with Crippen LogP contribution in [0.4, 0.5) is 5.69 Å². The number of rotatable bonds is 7. The highest BCUT2D eigenvalue weighted by molar-refractivity contribution is 6.08. The lowest BCUT2D eigenvalue weighted by Gasteiger charge is -2.14. The number of nitrogens with zero attached hydrogens (tertiary/aromatic N) is 1. The van der Waals surface area contributed by atoms with Crippen molar-refractivity contribution in [2.45, 2.75) is 31.7 Å². The number of anilines is 1. The number of benzene rings is 3. The van der Waals surface area contributed by atoms with E-state index in [0.29, 0.717) is 11.3 Å². The van der Waals surface area contributed by atoms with E-state index in [2.05, 4.69) is 51.6 Å². The van der Waals surface area contributed by atoms with E-state index in [0.717, 1.165) is 48.2 Å². The van der Waals surface area contributed by atoms with E-state index >= 15 is 0 Å². The fourth-order valence-corrected chi connectivity index (χ4v) is 5.57. The minimum atomic E-state index is -0.428. The number of methoxy groups -OCH3 is 1. The SMILES string of the molecule is COC(=O)c1cc(NC(=O)C2CC2c2ccccc2)cc2[nH]c(-c3cccc(CN4CCCC4)c3)cc12. The molecule has 2 aliphatic rings. The molecule has 188 valence electrons. The van der Waals surface area contributed by atoms with Gasteiger partial charge in [0.2, 0.25) is 5.91 Å². The van der Waals surface area contributed by atoms with Gasteiger partial charge < -0.3 is 15.0 Å². The van der Waals surface area contributed by atoms with Crippen molar-refractivity contribution < 1.29 is 14.3 Å². The molecule has 1 aliphatic heterocycles. The van der Waals surface area contributed by atoms with Gasteiger partial charge in [-0.25, -0.2) is 4.79 Å². The number of ether oxygens (including phenoxy) is 1. The number of carbonyl (C=O) groups excluding carboxylic acids is 2. The van der Waals surface area contributed by atoms with Crippen molar-refractivity contribution in [2.24, 2.45) is 5.92 Å². The van der Waals surface area contributed by atoms with Crippen molar-refractivity contribution in [3.63, 3.8) is 0 Å². The first-order valence-electron chi connectivity index (χ1n) is 13.0. The predicted molar refractivity (Wildman–Crippen MR) is 146 cm³/mol. The Balaban J connectivity index is 1.27. The minimum absolute atomic E-state index is 0.0228. The third-order valence-corrected chi connectivity index (χ3v) is 7.61. The van der Waals surface area contributed by atoms with Crippen molar-refractivity contribution in [2.75, 3.05) is 25.5 Å². The van der Waals surface area contributed by atoms with Crippen LogP contribution in [0, 0.1) is 5.92 Å². The van der Waals surface area contributed by atoms with Crippen LogP contribution in [0.2, 0.25) is 0 Å². The van der Waals surface area contributed by atoms with Gasteiger partial charge in [-0.1, -0.05) is 48.5 Å². The number of carbonyl (C=O) groups is 2. The molecule has 1 saturated heterocycles. The van der Waals surface area contributed by atoms with Crippen LogP contribution in [0.5, 0.6) is 0 Å².